The van der Waals surface area contributed by atoms with Gasteiger partial charge in [-0.15, -0.1) is 11.3 Å². The smallest absolute Gasteiger partial charge is 0.220 e. The van der Waals surface area contributed by atoms with Crippen LogP contribution in [-0.4, -0.2) is 17.4 Å². The maximum Gasteiger partial charge on any atom is 0.220 e. The molecule has 4 nitrogen and oxygen atoms in total. The van der Waals surface area contributed by atoms with Gasteiger partial charge in [-0.1, -0.05) is 13.8 Å². The molecule has 0 aliphatic rings. The molecule has 3 N–H and O–H groups in total. The summed E-state index contributed by atoms with van der Waals surface area (Å²) in [5.41, 5.74) is 6.39. The van der Waals surface area contributed by atoms with Crippen LogP contribution >= 0.6 is 11.3 Å². The second-order valence-electron chi connectivity index (χ2n) is 3.88. The van der Waals surface area contributed by atoms with E-state index in [1.807, 2.05) is 5.38 Å². The highest BCUT2D eigenvalue weighted by atomic mass is 32.1. The van der Waals surface area contributed by atoms with Crippen molar-refractivity contribution in [3.8, 4) is 0 Å². The number of carbonyl (C=O) groups is 1. The first-order valence-electron chi connectivity index (χ1n) is 5.04. The lowest BCUT2D eigenvalue weighted by molar-refractivity contribution is -0.121. The Morgan fingerprint density at radius 3 is 2.93 bits per heavy atom. The van der Waals surface area contributed by atoms with E-state index in [1.165, 1.54) is 11.3 Å². The van der Waals surface area contributed by atoms with E-state index >= 15 is 0 Å². The molecule has 0 spiro atoms. The van der Waals surface area contributed by atoms with Crippen LogP contribution in [0.15, 0.2) is 5.38 Å². The molecule has 1 aromatic heterocycles. The molecule has 0 atom stereocenters. The molecule has 5 heteroatoms. The molecule has 0 fully saturated rings. The van der Waals surface area contributed by atoms with Crippen LogP contribution < -0.4 is 11.1 Å². The summed E-state index contributed by atoms with van der Waals surface area (Å²) in [6.45, 7) is 4.88. The van der Waals surface area contributed by atoms with Gasteiger partial charge in [0.05, 0.1) is 5.69 Å². The lowest BCUT2D eigenvalue weighted by atomic mass is 10.2. The first kappa shape index (κ1) is 12.0. The average molecular weight is 227 g/mol. The van der Waals surface area contributed by atoms with E-state index in [-0.39, 0.29) is 5.91 Å². The number of nitrogens with zero attached hydrogens (tertiary/aromatic N) is 1. The van der Waals surface area contributed by atoms with Crippen LogP contribution in [0, 0.1) is 5.92 Å². The second kappa shape index (κ2) is 5.70. The maximum absolute atomic E-state index is 11.4. The molecular formula is C10H17N3OS. The summed E-state index contributed by atoms with van der Waals surface area (Å²) in [6.07, 6.45) is 1.15. The third-order valence-electron chi connectivity index (χ3n) is 1.89. The van der Waals surface area contributed by atoms with Gasteiger partial charge in [0, 0.05) is 18.3 Å². The summed E-state index contributed by atoms with van der Waals surface area (Å²) >= 11 is 1.41. The van der Waals surface area contributed by atoms with Crippen molar-refractivity contribution in [1.29, 1.82) is 0 Å². The minimum absolute atomic E-state index is 0.0790. The van der Waals surface area contributed by atoms with Gasteiger partial charge in [0.25, 0.3) is 0 Å². The fourth-order valence-electron chi connectivity index (χ4n) is 1.09. The van der Waals surface area contributed by atoms with Crippen molar-refractivity contribution in [2.75, 3.05) is 12.3 Å². The van der Waals surface area contributed by atoms with E-state index in [0.29, 0.717) is 23.9 Å². The average Bonchev–Trinajstić information content (AvgIpc) is 2.58. The summed E-state index contributed by atoms with van der Waals surface area (Å²) < 4.78 is 0. The Morgan fingerprint density at radius 1 is 1.67 bits per heavy atom. The first-order chi connectivity index (χ1) is 7.08. The number of hydrogen-bond donors (Lipinski definition) is 2. The molecule has 1 aromatic rings. The molecule has 84 valence electrons. The minimum atomic E-state index is 0.0790. The van der Waals surface area contributed by atoms with Gasteiger partial charge in [0.1, 0.15) is 0 Å². The van der Waals surface area contributed by atoms with Gasteiger partial charge >= 0.3 is 0 Å². The van der Waals surface area contributed by atoms with E-state index in [4.69, 9.17) is 5.73 Å². The molecule has 0 bridgehead atoms. The van der Waals surface area contributed by atoms with Gasteiger partial charge in [-0.2, -0.15) is 0 Å². The minimum Gasteiger partial charge on any atom is -0.375 e. The molecule has 1 amide bonds. The number of aromatic nitrogens is 1. The van der Waals surface area contributed by atoms with E-state index in [1.54, 1.807) is 0 Å². The molecule has 0 aliphatic carbocycles. The normalized spacial score (nSPS) is 10.6. The topological polar surface area (TPSA) is 68.0 Å². The Hall–Kier alpha value is -1.10. The fraction of sp³-hybridized carbons (Fsp3) is 0.600. The Morgan fingerprint density at radius 2 is 2.40 bits per heavy atom. The molecular weight excluding hydrogens is 210 g/mol. The quantitative estimate of drug-likeness (QED) is 0.799. The van der Waals surface area contributed by atoms with Crippen LogP contribution in [0.25, 0.3) is 0 Å². The molecule has 15 heavy (non-hydrogen) atoms. The molecule has 0 radical (unpaired) electrons. The van der Waals surface area contributed by atoms with Crippen molar-refractivity contribution in [2.45, 2.75) is 26.7 Å². The molecule has 0 aliphatic heterocycles. The second-order valence-corrected chi connectivity index (χ2v) is 4.76. The third kappa shape index (κ3) is 4.78. The number of amides is 1. The molecule has 1 heterocycles. The number of nitrogens with one attached hydrogen (secondary N) is 1. The maximum atomic E-state index is 11.4. The zero-order valence-corrected chi connectivity index (χ0v) is 9.93. The van der Waals surface area contributed by atoms with Crippen LogP contribution in [0.3, 0.4) is 0 Å². The molecule has 0 saturated carbocycles. The number of carbonyl (C=O) groups excluding carboxylic acids is 1. The highest BCUT2D eigenvalue weighted by Crippen LogP contribution is 2.12. The highest BCUT2D eigenvalue weighted by Gasteiger charge is 2.04. The van der Waals surface area contributed by atoms with Crippen molar-refractivity contribution in [1.82, 2.24) is 10.3 Å². The predicted octanol–water partition coefficient (Wildman–Crippen LogP) is 1.43. The van der Waals surface area contributed by atoms with E-state index in [2.05, 4.69) is 24.1 Å². The van der Waals surface area contributed by atoms with E-state index < -0.39 is 0 Å². The van der Waals surface area contributed by atoms with Crippen molar-refractivity contribution >= 4 is 22.4 Å². The van der Waals surface area contributed by atoms with Crippen molar-refractivity contribution in [3.05, 3.63) is 11.1 Å². The number of rotatable bonds is 5. The van der Waals surface area contributed by atoms with Gasteiger partial charge in [-0.3, -0.25) is 4.79 Å². The number of thiazole rings is 1. The number of hydrogen-bond acceptors (Lipinski definition) is 4. The fourth-order valence-corrected chi connectivity index (χ4v) is 1.68. The third-order valence-corrected chi connectivity index (χ3v) is 2.61. The van der Waals surface area contributed by atoms with Gasteiger partial charge in [-0.05, 0) is 12.3 Å². The van der Waals surface area contributed by atoms with Gasteiger partial charge < -0.3 is 11.1 Å². The van der Waals surface area contributed by atoms with Crippen LogP contribution in [-0.2, 0) is 11.2 Å². The highest BCUT2D eigenvalue weighted by molar-refractivity contribution is 7.13. The summed E-state index contributed by atoms with van der Waals surface area (Å²) in [5.74, 6) is 0.569. The standard InChI is InChI=1S/C10H17N3OS/c1-7(2)5-12-9(14)4-3-8-6-15-10(11)13-8/h6-7H,3-5H2,1-2H3,(H2,11,13)(H,12,14). The Balaban J connectivity index is 2.22. The first-order valence-corrected chi connectivity index (χ1v) is 5.92. The van der Waals surface area contributed by atoms with Gasteiger partial charge in [-0.25, -0.2) is 4.98 Å². The van der Waals surface area contributed by atoms with E-state index in [9.17, 15) is 4.79 Å². The van der Waals surface area contributed by atoms with Crippen LogP contribution in [0.2, 0.25) is 0 Å². The lowest BCUT2D eigenvalue weighted by Gasteiger charge is -2.06. The molecule has 0 unspecified atom stereocenters. The SMILES string of the molecule is CC(C)CNC(=O)CCc1csc(N)n1. The molecule has 0 saturated heterocycles. The summed E-state index contributed by atoms with van der Waals surface area (Å²) in [6, 6.07) is 0. The number of aryl methyl sites for hydroxylation is 1. The zero-order valence-electron chi connectivity index (χ0n) is 9.12. The Labute approximate surface area is 93.9 Å². The monoisotopic (exact) mass is 227 g/mol. The lowest BCUT2D eigenvalue weighted by Crippen LogP contribution is -2.27. The van der Waals surface area contributed by atoms with Crippen molar-refractivity contribution in [3.63, 3.8) is 0 Å². The molecule has 1 rings (SSSR count). The van der Waals surface area contributed by atoms with Crippen molar-refractivity contribution in [2.24, 2.45) is 5.92 Å². The largest absolute Gasteiger partial charge is 0.375 e. The Kier molecular flexibility index (Phi) is 4.55. The zero-order chi connectivity index (χ0) is 11.3. The van der Waals surface area contributed by atoms with Crippen LogP contribution in [0.4, 0.5) is 5.13 Å². The summed E-state index contributed by atoms with van der Waals surface area (Å²) in [5, 5.41) is 5.32. The van der Waals surface area contributed by atoms with Crippen molar-refractivity contribution < 1.29 is 4.79 Å². The van der Waals surface area contributed by atoms with Crippen LogP contribution in [0.5, 0.6) is 0 Å². The number of nitrogens with two attached hydrogens (primary N) is 1. The summed E-state index contributed by atoms with van der Waals surface area (Å²) in [4.78, 5) is 15.5. The van der Waals surface area contributed by atoms with Crippen LogP contribution in [0.1, 0.15) is 26.0 Å². The number of anilines is 1. The molecule has 0 aromatic carbocycles. The van der Waals surface area contributed by atoms with Gasteiger partial charge in [0.2, 0.25) is 5.91 Å². The predicted molar refractivity (Wildman–Crippen MR) is 62.7 cm³/mol. The summed E-state index contributed by atoms with van der Waals surface area (Å²) in [7, 11) is 0. The van der Waals surface area contributed by atoms with Gasteiger partial charge in [0.15, 0.2) is 5.13 Å². The number of nitrogen functional groups attached to an aromatic ring is 1. The Bertz CT molecular complexity index is 322. The van der Waals surface area contributed by atoms with E-state index in [0.717, 1.165) is 12.2 Å².